The first kappa shape index (κ1) is 32.0. The predicted molar refractivity (Wildman–Crippen MR) is 182 cm³/mol. The van der Waals surface area contributed by atoms with E-state index in [0.29, 0.717) is 46.7 Å². The number of benzene rings is 2. The average Bonchev–Trinajstić information content (AvgIpc) is 3.08. The number of halogens is 2. The monoisotopic (exact) mass is 647 g/mol. The third kappa shape index (κ3) is 7.54. The van der Waals surface area contributed by atoms with Crippen LogP contribution in [0.2, 0.25) is 10.0 Å². The van der Waals surface area contributed by atoms with Gasteiger partial charge in [0.2, 0.25) is 5.91 Å². The third-order valence-electron chi connectivity index (χ3n) is 10.0. The molecule has 1 atom stereocenters. The Morgan fingerprint density at radius 3 is 1.89 bits per heavy atom. The molecule has 0 saturated carbocycles. The van der Waals surface area contributed by atoms with E-state index in [0.717, 1.165) is 87.2 Å². The van der Waals surface area contributed by atoms with E-state index >= 15 is 0 Å². The molecule has 3 aromatic rings. The highest BCUT2D eigenvalue weighted by Gasteiger charge is 2.35. The Morgan fingerprint density at radius 1 is 0.778 bits per heavy atom. The van der Waals surface area contributed by atoms with Crippen molar-refractivity contribution >= 4 is 35.0 Å². The van der Waals surface area contributed by atoms with Gasteiger partial charge in [-0.25, -0.2) is 4.98 Å². The van der Waals surface area contributed by atoms with Crippen molar-refractivity contribution in [3.63, 3.8) is 0 Å². The van der Waals surface area contributed by atoms with E-state index in [1.165, 1.54) is 0 Å². The Hall–Kier alpha value is -2.97. The Labute approximate surface area is 277 Å². The molecule has 1 aromatic heterocycles. The van der Waals surface area contributed by atoms with Gasteiger partial charge < -0.3 is 14.7 Å². The van der Waals surface area contributed by atoms with E-state index in [2.05, 4.69) is 16.8 Å². The smallest absolute Gasteiger partial charge is 0.254 e. The fourth-order valence-corrected chi connectivity index (χ4v) is 7.45. The van der Waals surface area contributed by atoms with Gasteiger partial charge in [-0.05, 0) is 102 Å². The summed E-state index contributed by atoms with van der Waals surface area (Å²) in [6.07, 6.45) is 5.96. The molecule has 0 spiro atoms. The minimum Gasteiger partial charge on any atom is -0.342 e. The molecule has 1 unspecified atom stereocenters. The fraction of sp³-hybridized carbons (Fsp3) is 0.472. The fourth-order valence-electron chi connectivity index (χ4n) is 7.20. The van der Waals surface area contributed by atoms with E-state index in [9.17, 15) is 9.59 Å². The van der Waals surface area contributed by atoms with Crippen molar-refractivity contribution in [2.24, 2.45) is 5.92 Å². The van der Waals surface area contributed by atoms with Gasteiger partial charge in [-0.3, -0.25) is 14.5 Å². The molecule has 45 heavy (non-hydrogen) atoms. The molecule has 3 fully saturated rings. The van der Waals surface area contributed by atoms with Crippen LogP contribution in [0.25, 0.3) is 22.5 Å². The standard InChI is InChI=1S/C36H43Cl2N5O2/c1-40-18-13-31(14-19-40)41(2)35(44)27-4-3-17-43(24-27)32-15-20-42(21-16-32)36(45)28-22-33(25-5-9-29(37)10-6-25)39-34(23-28)26-7-11-30(38)12-8-26/h5-12,22-23,27,31-32H,3-4,13-21,24H2,1-2H3. The molecule has 4 heterocycles. The highest BCUT2D eigenvalue weighted by Crippen LogP contribution is 2.30. The number of carbonyl (C=O) groups excluding carboxylic acids is 2. The maximum atomic E-state index is 13.9. The van der Waals surface area contributed by atoms with Crippen molar-refractivity contribution in [1.29, 1.82) is 0 Å². The number of carbonyl (C=O) groups is 2. The van der Waals surface area contributed by atoms with Crippen LogP contribution < -0.4 is 0 Å². The van der Waals surface area contributed by atoms with Crippen LogP contribution in [-0.4, -0.2) is 102 Å². The number of pyridine rings is 1. The first-order chi connectivity index (χ1) is 21.7. The maximum absolute atomic E-state index is 13.9. The molecule has 6 rings (SSSR count). The Bertz CT molecular complexity index is 1420. The first-order valence-corrected chi connectivity index (χ1v) is 17.0. The molecular weight excluding hydrogens is 605 g/mol. The number of piperidine rings is 3. The van der Waals surface area contributed by atoms with Crippen LogP contribution in [0, 0.1) is 5.92 Å². The second kappa shape index (κ2) is 14.2. The molecule has 9 heteroatoms. The van der Waals surface area contributed by atoms with Gasteiger partial charge in [-0.2, -0.15) is 0 Å². The lowest BCUT2D eigenvalue weighted by atomic mass is 9.92. The number of rotatable bonds is 6. The molecule has 3 aliphatic heterocycles. The summed E-state index contributed by atoms with van der Waals surface area (Å²) in [5, 5.41) is 1.31. The molecule has 3 aliphatic rings. The molecular formula is C36H43Cl2N5O2. The molecule has 7 nitrogen and oxygen atoms in total. The third-order valence-corrected chi connectivity index (χ3v) is 10.5. The molecule has 0 aliphatic carbocycles. The van der Waals surface area contributed by atoms with Gasteiger partial charge in [-0.15, -0.1) is 0 Å². The van der Waals surface area contributed by atoms with Gasteiger partial charge in [0.25, 0.3) is 5.91 Å². The molecule has 0 radical (unpaired) electrons. The van der Waals surface area contributed by atoms with Crippen LogP contribution >= 0.6 is 23.2 Å². The molecule has 2 aromatic carbocycles. The highest BCUT2D eigenvalue weighted by atomic mass is 35.5. The number of amides is 2. The highest BCUT2D eigenvalue weighted by molar-refractivity contribution is 6.30. The largest absolute Gasteiger partial charge is 0.342 e. The minimum absolute atomic E-state index is 0.0210. The number of nitrogens with zero attached hydrogens (tertiary/aromatic N) is 5. The summed E-state index contributed by atoms with van der Waals surface area (Å²) in [5.74, 6) is 0.401. The second-order valence-corrected chi connectivity index (χ2v) is 13.9. The van der Waals surface area contributed by atoms with E-state index in [1.54, 1.807) is 0 Å². The Morgan fingerprint density at radius 2 is 1.33 bits per heavy atom. The topological polar surface area (TPSA) is 60.0 Å². The Balaban J connectivity index is 1.12. The number of hydrogen-bond donors (Lipinski definition) is 0. The van der Waals surface area contributed by atoms with E-state index in [4.69, 9.17) is 28.2 Å². The molecule has 2 amide bonds. The normalized spacial score (nSPS) is 20.7. The summed E-state index contributed by atoms with van der Waals surface area (Å²) in [7, 11) is 4.17. The van der Waals surface area contributed by atoms with E-state index < -0.39 is 0 Å². The van der Waals surface area contributed by atoms with Crippen LogP contribution in [0.3, 0.4) is 0 Å². The zero-order chi connectivity index (χ0) is 31.5. The maximum Gasteiger partial charge on any atom is 0.254 e. The first-order valence-electron chi connectivity index (χ1n) is 16.3. The number of aromatic nitrogens is 1. The van der Waals surface area contributed by atoms with Crippen LogP contribution in [0.15, 0.2) is 60.7 Å². The second-order valence-electron chi connectivity index (χ2n) is 13.0. The van der Waals surface area contributed by atoms with Crippen molar-refractivity contribution in [3.8, 4) is 22.5 Å². The lowest BCUT2D eigenvalue weighted by molar-refractivity contribution is -0.139. The summed E-state index contributed by atoms with van der Waals surface area (Å²) in [4.78, 5) is 41.3. The SMILES string of the molecule is CN1CCC(N(C)C(=O)C2CCCN(C3CCN(C(=O)c4cc(-c5ccc(Cl)cc5)nc(-c5ccc(Cl)cc5)c4)CC3)C2)CC1. The van der Waals surface area contributed by atoms with Crippen LogP contribution in [0.1, 0.15) is 48.9 Å². The summed E-state index contributed by atoms with van der Waals surface area (Å²) in [5.41, 5.74) is 3.88. The van der Waals surface area contributed by atoms with Gasteiger partial charge in [0, 0.05) is 65.5 Å². The van der Waals surface area contributed by atoms with Crippen molar-refractivity contribution in [2.75, 3.05) is 53.4 Å². The van der Waals surface area contributed by atoms with Crippen molar-refractivity contribution < 1.29 is 9.59 Å². The van der Waals surface area contributed by atoms with Crippen molar-refractivity contribution in [3.05, 3.63) is 76.3 Å². The van der Waals surface area contributed by atoms with Gasteiger partial charge in [-0.1, -0.05) is 47.5 Å². The zero-order valence-corrected chi connectivity index (χ0v) is 27.8. The van der Waals surface area contributed by atoms with Gasteiger partial charge in [0.1, 0.15) is 0 Å². The molecule has 0 N–H and O–H groups in total. The van der Waals surface area contributed by atoms with E-state index in [-0.39, 0.29) is 11.8 Å². The van der Waals surface area contributed by atoms with Crippen LogP contribution in [-0.2, 0) is 4.79 Å². The summed E-state index contributed by atoms with van der Waals surface area (Å²) < 4.78 is 0. The summed E-state index contributed by atoms with van der Waals surface area (Å²) in [6, 6.07) is 19.6. The molecule has 0 bridgehead atoms. The lowest BCUT2D eigenvalue weighted by Crippen LogP contribution is -2.53. The van der Waals surface area contributed by atoms with Crippen LogP contribution in [0.4, 0.5) is 0 Å². The van der Waals surface area contributed by atoms with Crippen molar-refractivity contribution in [1.82, 2.24) is 24.6 Å². The van der Waals surface area contributed by atoms with Gasteiger partial charge >= 0.3 is 0 Å². The Kier molecular flexibility index (Phi) is 10.1. The average molecular weight is 649 g/mol. The summed E-state index contributed by atoms with van der Waals surface area (Å²) in [6.45, 7) is 5.36. The minimum atomic E-state index is 0.0210. The quantitative estimate of drug-likeness (QED) is 0.302. The number of likely N-dealkylation sites (tertiary alicyclic amines) is 3. The number of hydrogen-bond acceptors (Lipinski definition) is 5. The molecule has 238 valence electrons. The van der Waals surface area contributed by atoms with Gasteiger partial charge in [0.15, 0.2) is 0 Å². The predicted octanol–water partition coefficient (Wildman–Crippen LogP) is 6.59. The van der Waals surface area contributed by atoms with Gasteiger partial charge in [0.05, 0.1) is 17.3 Å². The summed E-state index contributed by atoms with van der Waals surface area (Å²) >= 11 is 12.3. The van der Waals surface area contributed by atoms with Crippen LogP contribution in [0.5, 0.6) is 0 Å². The van der Waals surface area contributed by atoms with Crippen molar-refractivity contribution in [2.45, 2.75) is 50.6 Å². The lowest BCUT2D eigenvalue weighted by Gasteiger charge is -2.43. The molecule has 3 saturated heterocycles. The van der Waals surface area contributed by atoms with E-state index in [1.807, 2.05) is 77.5 Å². The zero-order valence-electron chi connectivity index (χ0n) is 26.3.